The van der Waals surface area contributed by atoms with Gasteiger partial charge in [-0.1, -0.05) is 5.92 Å². The van der Waals surface area contributed by atoms with Crippen LogP contribution in [0.4, 0.5) is 4.39 Å². The van der Waals surface area contributed by atoms with E-state index in [9.17, 15) is 28.2 Å². The zero-order valence-electron chi connectivity index (χ0n) is 13.1. The normalized spacial score (nSPS) is 27.9. The first-order valence-corrected chi connectivity index (χ1v) is 9.89. The Kier molecular flexibility index (Phi) is 5.93. The predicted octanol–water partition coefficient (Wildman–Crippen LogP) is -1.31. The van der Waals surface area contributed by atoms with Crippen LogP contribution in [0.25, 0.3) is 0 Å². The van der Waals surface area contributed by atoms with Gasteiger partial charge in [-0.05, 0) is 0 Å². The molecule has 1 aromatic rings. The highest BCUT2D eigenvalue weighted by Gasteiger charge is 2.50. The van der Waals surface area contributed by atoms with Crippen molar-refractivity contribution < 1.29 is 46.9 Å². The molecule has 5 N–H and O–H groups in total. The van der Waals surface area contributed by atoms with Gasteiger partial charge in [-0.25, -0.2) is 18.3 Å². The molecule has 2 heterocycles. The number of hydrogen-bond donors (Lipinski definition) is 5. The van der Waals surface area contributed by atoms with Crippen LogP contribution in [0, 0.1) is 12.3 Å². The molecule has 0 radical (unpaired) electrons. The van der Waals surface area contributed by atoms with E-state index in [0.29, 0.717) is 4.57 Å². The van der Waals surface area contributed by atoms with Crippen LogP contribution < -0.4 is 11.2 Å². The zero-order chi connectivity index (χ0) is 20.6. The number of nitrogens with one attached hydrogen (secondary N) is 1. The van der Waals surface area contributed by atoms with Gasteiger partial charge in [-0.15, -0.1) is 6.42 Å². The molecule has 1 aliphatic heterocycles. The van der Waals surface area contributed by atoms with Gasteiger partial charge >= 0.3 is 21.3 Å². The highest BCUT2D eigenvalue weighted by molar-refractivity contribution is 7.60. The lowest BCUT2D eigenvalue weighted by molar-refractivity contribution is -0.178. The van der Waals surface area contributed by atoms with Gasteiger partial charge in [0.05, 0.1) is 0 Å². The van der Waals surface area contributed by atoms with Gasteiger partial charge in [0.25, 0.3) is 5.56 Å². The SMILES string of the molecule is C#Cc1cn([C@@H]2O[C@](F)(COP(=O)(O)OP(=O)(O)O)C[C@H]2O)c(=O)[nH]c1=O. The van der Waals surface area contributed by atoms with Crippen LogP contribution >= 0.6 is 15.6 Å². The number of halogens is 1. The minimum Gasteiger partial charge on any atom is -0.388 e. The highest BCUT2D eigenvalue weighted by atomic mass is 31.3. The van der Waals surface area contributed by atoms with E-state index < -0.39 is 58.1 Å². The molecule has 1 saturated heterocycles. The molecule has 4 atom stereocenters. The number of aromatic amines is 1. The first kappa shape index (κ1) is 21.6. The Morgan fingerprint density at radius 3 is 2.63 bits per heavy atom. The van der Waals surface area contributed by atoms with Crippen LogP contribution in [0.3, 0.4) is 0 Å². The fraction of sp³-hybridized carbons (Fsp3) is 0.455. The van der Waals surface area contributed by atoms with Crippen molar-refractivity contribution in [1.29, 1.82) is 0 Å². The third-order valence-electron chi connectivity index (χ3n) is 3.23. The Labute approximate surface area is 149 Å². The maximum atomic E-state index is 14.6. The molecule has 1 unspecified atom stereocenters. The molecule has 1 aromatic heterocycles. The van der Waals surface area contributed by atoms with Crippen molar-refractivity contribution >= 4 is 15.6 Å². The molecule has 0 saturated carbocycles. The number of aliphatic hydroxyl groups is 1. The molecular weight excluding hydrogens is 417 g/mol. The summed E-state index contributed by atoms with van der Waals surface area (Å²) < 4.78 is 49.6. The van der Waals surface area contributed by atoms with Crippen LogP contribution in [0.2, 0.25) is 0 Å². The van der Waals surface area contributed by atoms with E-state index in [0.717, 1.165) is 6.20 Å². The second-order valence-corrected chi connectivity index (χ2v) is 8.16. The van der Waals surface area contributed by atoms with Crippen LogP contribution in [0.1, 0.15) is 18.2 Å². The Hall–Kier alpha value is -1.65. The van der Waals surface area contributed by atoms with Crippen molar-refractivity contribution in [2.45, 2.75) is 24.6 Å². The first-order chi connectivity index (χ1) is 12.3. The highest BCUT2D eigenvalue weighted by Crippen LogP contribution is 2.58. The molecule has 0 spiro atoms. The van der Waals surface area contributed by atoms with E-state index in [-0.39, 0.29) is 5.56 Å². The van der Waals surface area contributed by atoms with Crippen molar-refractivity contribution in [3.63, 3.8) is 0 Å². The van der Waals surface area contributed by atoms with Crippen LogP contribution in [-0.2, 0) is 22.7 Å². The largest absolute Gasteiger partial charge is 0.481 e. The topological polar surface area (TPSA) is 198 Å². The average Bonchev–Trinajstić information content (AvgIpc) is 2.79. The van der Waals surface area contributed by atoms with Gasteiger partial charge in [-0.3, -0.25) is 18.9 Å². The fourth-order valence-electron chi connectivity index (χ4n) is 2.20. The second kappa shape index (κ2) is 7.40. The number of H-pyrrole nitrogens is 1. The summed E-state index contributed by atoms with van der Waals surface area (Å²) in [6.45, 7) is -1.38. The van der Waals surface area contributed by atoms with Gasteiger partial charge in [0.2, 0.25) is 5.85 Å². The van der Waals surface area contributed by atoms with E-state index in [2.05, 4.69) is 8.83 Å². The predicted molar refractivity (Wildman–Crippen MR) is 82.7 cm³/mol. The zero-order valence-corrected chi connectivity index (χ0v) is 14.9. The Morgan fingerprint density at radius 2 is 2.07 bits per heavy atom. The number of hydrogen-bond acceptors (Lipinski definition) is 8. The third kappa shape index (κ3) is 5.43. The van der Waals surface area contributed by atoms with Gasteiger partial charge in [-0.2, -0.15) is 4.31 Å². The van der Waals surface area contributed by atoms with Gasteiger partial charge < -0.3 is 24.5 Å². The molecule has 0 aliphatic carbocycles. The lowest BCUT2D eigenvalue weighted by atomic mass is 10.2. The quantitative estimate of drug-likeness (QED) is 0.265. The van der Waals surface area contributed by atoms with E-state index in [1.165, 1.54) is 0 Å². The maximum Gasteiger partial charge on any atom is 0.481 e. The van der Waals surface area contributed by atoms with Crippen LogP contribution in [-0.4, -0.2) is 47.9 Å². The van der Waals surface area contributed by atoms with E-state index >= 15 is 0 Å². The summed E-state index contributed by atoms with van der Waals surface area (Å²) in [6.07, 6.45) is 1.71. The molecular formula is C11H13FN2O11P2. The fourth-order valence-corrected chi connectivity index (χ4v) is 3.82. The molecule has 1 aliphatic rings. The van der Waals surface area contributed by atoms with Crippen LogP contribution in [0.5, 0.6) is 0 Å². The number of rotatable bonds is 6. The van der Waals surface area contributed by atoms with Gasteiger partial charge in [0.1, 0.15) is 18.3 Å². The minimum absolute atomic E-state index is 0.312. The van der Waals surface area contributed by atoms with E-state index in [1.54, 1.807) is 0 Å². The molecule has 27 heavy (non-hydrogen) atoms. The number of nitrogens with zero attached hydrogens (tertiary/aromatic N) is 1. The monoisotopic (exact) mass is 430 g/mol. The van der Waals surface area contributed by atoms with Crippen molar-refractivity contribution in [1.82, 2.24) is 9.55 Å². The van der Waals surface area contributed by atoms with Gasteiger partial charge in [0.15, 0.2) is 6.23 Å². The number of terminal acetylenes is 1. The summed E-state index contributed by atoms with van der Waals surface area (Å²) >= 11 is 0. The Morgan fingerprint density at radius 1 is 1.44 bits per heavy atom. The van der Waals surface area contributed by atoms with Crippen molar-refractivity contribution in [2.24, 2.45) is 0 Å². The smallest absolute Gasteiger partial charge is 0.388 e. The molecule has 13 nitrogen and oxygen atoms in total. The number of aromatic nitrogens is 2. The Bertz CT molecular complexity index is 978. The van der Waals surface area contributed by atoms with Crippen molar-refractivity contribution in [3.05, 3.63) is 32.6 Å². The maximum absolute atomic E-state index is 14.6. The third-order valence-corrected chi connectivity index (χ3v) is 5.36. The van der Waals surface area contributed by atoms with Crippen molar-refractivity contribution in [2.75, 3.05) is 6.61 Å². The average molecular weight is 430 g/mol. The number of ether oxygens (including phenoxy) is 1. The summed E-state index contributed by atoms with van der Waals surface area (Å²) in [5.41, 5.74) is -2.28. The van der Waals surface area contributed by atoms with Gasteiger partial charge in [0, 0.05) is 12.6 Å². The summed E-state index contributed by atoms with van der Waals surface area (Å²) in [7, 11) is -10.8. The second-order valence-electron chi connectivity index (χ2n) is 5.33. The lowest BCUT2D eigenvalue weighted by Gasteiger charge is -2.22. The molecule has 0 aromatic carbocycles. The molecule has 150 valence electrons. The molecule has 0 amide bonds. The number of alkyl halides is 1. The first-order valence-electron chi connectivity index (χ1n) is 6.86. The Balaban J connectivity index is 2.19. The van der Waals surface area contributed by atoms with Crippen LogP contribution in [0.15, 0.2) is 15.8 Å². The number of phosphoric ester groups is 1. The molecule has 0 bridgehead atoms. The summed E-state index contributed by atoms with van der Waals surface area (Å²) in [5.74, 6) is -0.969. The molecule has 1 fully saturated rings. The molecule has 2 rings (SSSR count). The van der Waals surface area contributed by atoms with E-state index in [1.807, 2.05) is 10.9 Å². The number of phosphoric acid groups is 2. The molecule has 16 heteroatoms. The minimum atomic E-state index is -5.41. The lowest BCUT2D eigenvalue weighted by Crippen LogP contribution is -2.37. The van der Waals surface area contributed by atoms with E-state index in [4.69, 9.17) is 25.8 Å². The summed E-state index contributed by atoms with van der Waals surface area (Å²) in [6, 6.07) is 0. The van der Waals surface area contributed by atoms with Crippen molar-refractivity contribution in [3.8, 4) is 12.3 Å². The number of aliphatic hydroxyl groups excluding tert-OH is 1. The summed E-state index contributed by atoms with van der Waals surface area (Å²) in [5, 5.41) is 9.94. The summed E-state index contributed by atoms with van der Waals surface area (Å²) in [4.78, 5) is 51.2. The standard InChI is InChI=1S/C11H13FN2O11P2/c1-2-6-4-14(10(17)13-8(6)16)9-7(15)3-11(12,24-9)5-23-27(21,22)25-26(18,19)20/h1,4,7,9,15H,3,5H2,(H,21,22)(H,13,16,17)(H2,18,19,20)/t7-,9-,11+/m1/s1.